The molecule has 0 bridgehead atoms. The Morgan fingerprint density at radius 1 is 1.14 bits per heavy atom. The van der Waals surface area contributed by atoms with Gasteiger partial charge in [-0.1, -0.05) is 55.9 Å². The first-order valence-electron chi connectivity index (χ1n) is 9.50. The molecule has 1 atom stereocenters. The Morgan fingerprint density at radius 3 is 2.66 bits per heavy atom. The highest BCUT2D eigenvalue weighted by Crippen LogP contribution is 2.35. The molecule has 4 rings (SSSR count). The highest BCUT2D eigenvalue weighted by atomic mass is 32.2. The molecular formula is C22H23N5OS. The standard InChI is InChI=1S/C22H23N5OS/c1-13(2)19(20(23)28)29-22-26-25-21(27(22)15-8-6-7-14(3)11-15)17-12-24-18-10-5-4-9-16(17)18/h4-13,19,24H,1-3H3,(H2,23,28). The van der Waals surface area contributed by atoms with Crippen LogP contribution in [0.1, 0.15) is 19.4 Å². The smallest absolute Gasteiger partial charge is 0.231 e. The molecule has 0 saturated carbocycles. The molecule has 0 radical (unpaired) electrons. The van der Waals surface area contributed by atoms with Crippen LogP contribution in [0, 0.1) is 12.8 Å². The summed E-state index contributed by atoms with van der Waals surface area (Å²) in [7, 11) is 0. The molecule has 0 aliphatic heterocycles. The molecule has 4 aromatic rings. The van der Waals surface area contributed by atoms with Gasteiger partial charge < -0.3 is 10.7 Å². The summed E-state index contributed by atoms with van der Waals surface area (Å²) in [5, 5.41) is 10.3. The molecular weight excluding hydrogens is 382 g/mol. The molecule has 29 heavy (non-hydrogen) atoms. The summed E-state index contributed by atoms with van der Waals surface area (Å²) in [6, 6.07) is 16.2. The van der Waals surface area contributed by atoms with E-state index >= 15 is 0 Å². The lowest BCUT2D eigenvalue weighted by Crippen LogP contribution is -2.30. The number of primary amides is 1. The fourth-order valence-corrected chi connectivity index (χ4v) is 4.41. The van der Waals surface area contributed by atoms with Crippen LogP contribution in [0.25, 0.3) is 28.0 Å². The van der Waals surface area contributed by atoms with Gasteiger partial charge in [0, 0.05) is 28.4 Å². The van der Waals surface area contributed by atoms with E-state index < -0.39 is 5.25 Å². The lowest BCUT2D eigenvalue weighted by atomic mass is 10.1. The largest absolute Gasteiger partial charge is 0.369 e. The van der Waals surface area contributed by atoms with Gasteiger partial charge in [-0.3, -0.25) is 9.36 Å². The number of para-hydroxylation sites is 1. The van der Waals surface area contributed by atoms with Gasteiger partial charge in [0.25, 0.3) is 0 Å². The van der Waals surface area contributed by atoms with Crippen LogP contribution in [-0.2, 0) is 4.79 Å². The summed E-state index contributed by atoms with van der Waals surface area (Å²) in [6.07, 6.45) is 1.95. The monoisotopic (exact) mass is 405 g/mol. The summed E-state index contributed by atoms with van der Waals surface area (Å²) in [6.45, 7) is 6.01. The van der Waals surface area contributed by atoms with Crippen molar-refractivity contribution >= 4 is 28.6 Å². The van der Waals surface area contributed by atoms with E-state index in [9.17, 15) is 4.79 Å². The highest BCUT2D eigenvalue weighted by Gasteiger charge is 2.26. The fraction of sp³-hybridized carbons (Fsp3) is 0.227. The SMILES string of the molecule is Cc1cccc(-n2c(SC(C(N)=O)C(C)C)nnc2-c2c[nH]c3ccccc23)c1. The van der Waals surface area contributed by atoms with Gasteiger partial charge in [0.2, 0.25) is 5.91 Å². The van der Waals surface area contributed by atoms with Gasteiger partial charge in [-0.05, 0) is 36.6 Å². The van der Waals surface area contributed by atoms with E-state index in [-0.39, 0.29) is 11.8 Å². The summed E-state index contributed by atoms with van der Waals surface area (Å²) in [5.74, 6) is 0.455. The van der Waals surface area contributed by atoms with Crippen LogP contribution in [-0.4, -0.2) is 30.9 Å². The van der Waals surface area contributed by atoms with Gasteiger partial charge >= 0.3 is 0 Å². The number of benzene rings is 2. The number of nitrogens with one attached hydrogen (secondary N) is 1. The zero-order valence-electron chi connectivity index (χ0n) is 16.6. The topological polar surface area (TPSA) is 89.6 Å². The Bertz CT molecular complexity index is 1180. The number of amides is 1. The summed E-state index contributed by atoms with van der Waals surface area (Å²) in [4.78, 5) is 15.3. The van der Waals surface area contributed by atoms with Crippen molar-refractivity contribution in [3.8, 4) is 17.1 Å². The lowest BCUT2D eigenvalue weighted by Gasteiger charge is -2.17. The van der Waals surface area contributed by atoms with Crippen LogP contribution < -0.4 is 5.73 Å². The molecule has 0 aliphatic rings. The lowest BCUT2D eigenvalue weighted by molar-refractivity contribution is -0.118. The van der Waals surface area contributed by atoms with Crippen LogP contribution in [0.5, 0.6) is 0 Å². The predicted octanol–water partition coefficient (Wildman–Crippen LogP) is 4.33. The van der Waals surface area contributed by atoms with Gasteiger partial charge in [0.15, 0.2) is 11.0 Å². The number of aryl methyl sites for hydroxylation is 1. The number of fused-ring (bicyclic) bond motifs is 1. The van der Waals surface area contributed by atoms with Crippen LogP contribution in [0.15, 0.2) is 59.9 Å². The van der Waals surface area contributed by atoms with Crippen molar-refractivity contribution in [2.24, 2.45) is 11.7 Å². The van der Waals surface area contributed by atoms with E-state index in [0.29, 0.717) is 5.16 Å². The summed E-state index contributed by atoms with van der Waals surface area (Å²) >= 11 is 1.36. The molecule has 2 aromatic heterocycles. The quantitative estimate of drug-likeness (QED) is 0.467. The second kappa shape index (κ2) is 7.75. The molecule has 6 nitrogen and oxygen atoms in total. The van der Waals surface area contributed by atoms with Gasteiger partial charge in [-0.2, -0.15) is 0 Å². The Balaban J connectivity index is 1.91. The van der Waals surface area contributed by atoms with Crippen LogP contribution in [0.3, 0.4) is 0 Å². The number of aromatic nitrogens is 4. The molecule has 1 amide bonds. The number of hydrogen-bond acceptors (Lipinski definition) is 4. The zero-order valence-corrected chi connectivity index (χ0v) is 17.4. The first-order chi connectivity index (χ1) is 14.0. The molecule has 7 heteroatoms. The Morgan fingerprint density at radius 2 is 1.93 bits per heavy atom. The minimum atomic E-state index is -0.390. The van der Waals surface area contributed by atoms with Gasteiger partial charge in [-0.15, -0.1) is 10.2 Å². The number of nitrogens with two attached hydrogens (primary N) is 1. The second-order valence-corrected chi connectivity index (χ2v) is 8.52. The van der Waals surface area contributed by atoms with Crippen molar-refractivity contribution in [1.82, 2.24) is 19.7 Å². The Hall–Kier alpha value is -3.06. The molecule has 3 N–H and O–H groups in total. The first kappa shape index (κ1) is 19.3. The third-order valence-corrected chi connectivity index (χ3v) is 6.35. The van der Waals surface area contributed by atoms with E-state index in [0.717, 1.165) is 33.5 Å². The molecule has 0 saturated heterocycles. The number of rotatable bonds is 6. The van der Waals surface area contributed by atoms with Crippen molar-refractivity contribution in [1.29, 1.82) is 0 Å². The van der Waals surface area contributed by atoms with E-state index in [1.165, 1.54) is 11.8 Å². The number of carbonyl (C=O) groups is 1. The van der Waals surface area contributed by atoms with Crippen LogP contribution in [0.2, 0.25) is 0 Å². The molecule has 0 fully saturated rings. The maximum absolute atomic E-state index is 12.0. The average Bonchev–Trinajstić information content (AvgIpc) is 3.29. The van der Waals surface area contributed by atoms with Crippen LogP contribution in [0.4, 0.5) is 0 Å². The molecule has 0 spiro atoms. The van der Waals surface area contributed by atoms with Crippen molar-refractivity contribution in [3.05, 3.63) is 60.3 Å². The van der Waals surface area contributed by atoms with Crippen molar-refractivity contribution in [2.45, 2.75) is 31.2 Å². The van der Waals surface area contributed by atoms with Crippen LogP contribution >= 0.6 is 11.8 Å². The highest BCUT2D eigenvalue weighted by molar-refractivity contribution is 8.00. The van der Waals surface area contributed by atoms with E-state index in [1.807, 2.05) is 67.9 Å². The molecule has 2 aromatic carbocycles. The molecule has 0 aliphatic carbocycles. The number of nitrogens with zero attached hydrogens (tertiary/aromatic N) is 3. The number of H-pyrrole nitrogens is 1. The normalized spacial score (nSPS) is 12.6. The second-order valence-electron chi connectivity index (χ2n) is 7.41. The first-order valence-corrected chi connectivity index (χ1v) is 10.4. The van der Waals surface area contributed by atoms with Crippen molar-refractivity contribution < 1.29 is 4.79 Å². The number of hydrogen-bond donors (Lipinski definition) is 2. The van der Waals surface area contributed by atoms with Gasteiger partial charge in [0.1, 0.15) is 0 Å². The van der Waals surface area contributed by atoms with Crippen molar-refractivity contribution in [2.75, 3.05) is 0 Å². The predicted molar refractivity (Wildman–Crippen MR) is 117 cm³/mol. The average molecular weight is 406 g/mol. The molecule has 148 valence electrons. The third-order valence-electron chi connectivity index (χ3n) is 4.84. The number of thioether (sulfide) groups is 1. The summed E-state index contributed by atoms with van der Waals surface area (Å²) in [5.41, 5.74) is 9.73. The summed E-state index contributed by atoms with van der Waals surface area (Å²) < 4.78 is 2.01. The van der Waals surface area contributed by atoms with E-state index in [2.05, 4.69) is 27.3 Å². The van der Waals surface area contributed by atoms with Gasteiger partial charge in [-0.25, -0.2) is 0 Å². The fourth-order valence-electron chi connectivity index (χ4n) is 3.41. The third kappa shape index (κ3) is 3.65. The minimum Gasteiger partial charge on any atom is -0.369 e. The zero-order chi connectivity index (χ0) is 20.5. The van der Waals surface area contributed by atoms with Gasteiger partial charge in [0.05, 0.1) is 5.25 Å². The van der Waals surface area contributed by atoms with E-state index in [4.69, 9.17) is 5.73 Å². The number of aromatic amines is 1. The van der Waals surface area contributed by atoms with Crippen molar-refractivity contribution in [3.63, 3.8) is 0 Å². The minimum absolute atomic E-state index is 0.0803. The Kier molecular flexibility index (Phi) is 5.15. The Labute approximate surface area is 173 Å². The maximum atomic E-state index is 12.0. The molecule has 2 heterocycles. The van der Waals surface area contributed by atoms with E-state index in [1.54, 1.807) is 0 Å². The maximum Gasteiger partial charge on any atom is 0.231 e. The number of carbonyl (C=O) groups excluding carboxylic acids is 1. The molecule has 1 unspecified atom stereocenters.